The summed E-state index contributed by atoms with van der Waals surface area (Å²) in [5.74, 6) is 0.179. The molecule has 1 aliphatic heterocycles. The van der Waals surface area contributed by atoms with E-state index in [1.165, 1.54) is 23.1 Å². The van der Waals surface area contributed by atoms with E-state index < -0.39 is 0 Å². The van der Waals surface area contributed by atoms with Crippen molar-refractivity contribution in [2.45, 2.75) is 33.1 Å². The van der Waals surface area contributed by atoms with Crippen molar-refractivity contribution in [2.75, 3.05) is 29.5 Å². The minimum absolute atomic E-state index is 0.0850. The van der Waals surface area contributed by atoms with Crippen molar-refractivity contribution in [2.24, 2.45) is 0 Å². The number of aromatic nitrogens is 2. The monoisotopic (exact) mass is 492 g/mol. The number of nitrogens with one attached hydrogen (secondary N) is 2. The van der Waals surface area contributed by atoms with Crippen molar-refractivity contribution in [3.05, 3.63) is 53.6 Å². The molecule has 2 heterocycles. The van der Waals surface area contributed by atoms with Crippen LogP contribution in [-0.2, 0) is 9.53 Å². The van der Waals surface area contributed by atoms with Crippen molar-refractivity contribution in [1.29, 1.82) is 0 Å². The SMILES string of the molecule is O=C(CSc1nnc(NCC2CCCO2)s1)Nc1ccccc1Sc1ccc(Cl)cc1. The maximum Gasteiger partial charge on any atom is 0.234 e. The lowest BCUT2D eigenvalue weighted by molar-refractivity contribution is -0.113. The molecule has 2 aromatic carbocycles. The highest BCUT2D eigenvalue weighted by Gasteiger charge is 2.16. The van der Waals surface area contributed by atoms with E-state index in [9.17, 15) is 4.79 Å². The fourth-order valence-electron chi connectivity index (χ4n) is 2.95. The highest BCUT2D eigenvalue weighted by molar-refractivity contribution is 8.01. The van der Waals surface area contributed by atoms with E-state index in [0.717, 1.165) is 50.9 Å². The predicted octanol–water partition coefficient (Wildman–Crippen LogP) is 5.66. The third kappa shape index (κ3) is 6.85. The molecule has 0 spiro atoms. The van der Waals surface area contributed by atoms with E-state index >= 15 is 0 Å². The number of nitrogens with zero attached hydrogens (tertiary/aromatic N) is 2. The summed E-state index contributed by atoms with van der Waals surface area (Å²) in [4.78, 5) is 14.5. The van der Waals surface area contributed by atoms with Crippen LogP contribution in [0.1, 0.15) is 12.8 Å². The summed E-state index contributed by atoms with van der Waals surface area (Å²) < 4.78 is 6.36. The lowest BCUT2D eigenvalue weighted by atomic mass is 10.2. The van der Waals surface area contributed by atoms with Crippen LogP contribution in [-0.4, -0.2) is 41.1 Å². The Kier molecular flexibility index (Phi) is 8.09. The van der Waals surface area contributed by atoms with E-state index in [1.54, 1.807) is 11.8 Å². The van der Waals surface area contributed by atoms with Crippen LogP contribution in [0, 0.1) is 0 Å². The van der Waals surface area contributed by atoms with Crippen LogP contribution >= 0.6 is 46.5 Å². The average Bonchev–Trinajstić information content (AvgIpc) is 3.46. The van der Waals surface area contributed by atoms with E-state index in [4.69, 9.17) is 16.3 Å². The molecule has 0 bridgehead atoms. The molecule has 0 radical (unpaired) electrons. The van der Waals surface area contributed by atoms with Gasteiger partial charge in [-0.2, -0.15) is 0 Å². The standard InChI is InChI=1S/C21H21ClN4O2S3/c22-14-7-9-16(10-8-14)30-18-6-2-1-5-17(18)24-19(27)13-29-21-26-25-20(31-21)23-12-15-4-3-11-28-15/h1-2,5-10,15H,3-4,11-13H2,(H,23,25)(H,24,27). The number of halogens is 1. The first-order valence-electron chi connectivity index (χ1n) is 9.80. The number of benzene rings is 2. The van der Waals surface area contributed by atoms with Gasteiger partial charge in [-0.3, -0.25) is 4.79 Å². The molecule has 1 fully saturated rings. The summed E-state index contributed by atoms with van der Waals surface area (Å²) in [5, 5.41) is 16.0. The maximum absolute atomic E-state index is 12.5. The normalized spacial score (nSPS) is 15.7. The Hall–Kier alpha value is -1.78. The molecule has 1 saturated heterocycles. The Morgan fingerprint density at radius 1 is 1.19 bits per heavy atom. The largest absolute Gasteiger partial charge is 0.376 e. The quantitative estimate of drug-likeness (QED) is 0.373. The van der Waals surface area contributed by atoms with Crippen molar-refractivity contribution >= 4 is 63.2 Å². The second-order valence-corrected chi connectivity index (χ2v) is 10.5. The molecule has 1 atom stereocenters. The Morgan fingerprint density at radius 2 is 2.03 bits per heavy atom. The molecule has 4 rings (SSSR count). The molecule has 1 aromatic heterocycles. The van der Waals surface area contributed by atoms with Gasteiger partial charge in [0.05, 0.1) is 17.5 Å². The molecule has 2 N–H and O–H groups in total. The number of rotatable bonds is 9. The fourth-order valence-corrected chi connectivity index (χ4v) is 5.53. The minimum atomic E-state index is -0.0850. The fraction of sp³-hybridized carbons (Fsp3) is 0.286. The number of carbonyl (C=O) groups is 1. The van der Waals surface area contributed by atoms with Gasteiger partial charge in [-0.1, -0.05) is 58.6 Å². The number of ether oxygens (including phenoxy) is 1. The second kappa shape index (κ2) is 11.2. The number of carbonyl (C=O) groups excluding carboxylic acids is 1. The molecule has 10 heteroatoms. The van der Waals surface area contributed by atoms with Crippen LogP contribution in [0.15, 0.2) is 62.7 Å². The molecule has 1 amide bonds. The Balaban J connectivity index is 1.27. The Labute approximate surface area is 198 Å². The van der Waals surface area contributed by atoms with Crippen LogP contribution in [0.5, 0.6) is 0 Å². The van der Waals surface area contributed by atoms with Crippen LogP contribution in [0.25, 0.3) is 0 Å². The van der Waals surface area contributed by atoms with Gasteiger partial charge in [-0.15, -0.1) is 10.2 Å². The number of thioether (sulfide) groups is 1. The smallest absolute Gasteiger partial charge is 0.234 e. The predicted molar refractivity (Wildman–Crippen MR) is 129 cm³/mol. The molecule has 1 aliphatic rings. The van der Waals surface area contributed by atoms with E-state index in [-0.39, 0.29) is 17.8 Å². The highest BCUT2D eigenvalue weighted by atomic mass is 35.5. The minimum Gasteiger partial charge on any atom is -0.376 e. The number of hydrogen-bond donors (Lipinski definition) is 2. The number of amides is 1. The van der Waals surface area contributed by atoms with Crippen LogP contribution < -0.4 is 10.6 Å². The van der Waals surface area contributed by atoms with E-state index in [0.29, 0.717) is 5.02 Å². The van der Waals surface area contributed by atoms with Gasteiger partial charge in [0.25, 0.3) is 0 Å². The maximum atomic E-state index is 12.5. The zero-order valence-corrected chi connectivity index (χ0v) is 19.8. The van der Waals surface area contributed by atoms with Gasteiger partial charge in [0.2, 0.25) is 11.0 Å². The third-order valence-electron chi connectivity index (χ3n) is 4.44. The average molecular weight is 493 g/mol. The molecular formula is C21H21ClN4O2S3. The summed E-state index contributed by atoms with van der Waals surface area (Å²) in [6.07, 6.45) is 2.43. The first-order chi connectivity index (χ1) is 15.2. The van der Waals surface area contributed by atoms with Gasteiger partial charge in [0.15, 0.2) is 4.34 Å². The Bertz CT molecular complexity index is 1010. The highest BCUT2D eigenvalue weighted by Crippen LogP contribution is 2.34. The van der Waals surface area contributed by atoms with Crippen molar-refractivity contribution in [1.82, 2.24) is 10.2 Å². The first kappa shape index (κ1) is 22.4. The lowest BCUT2D eigenvalue weighted by Gasteiger charge is -2.10. The summed E-state index contributed by atoms with van der Waals surface area (Å²) in [6, 6.07) is 15.4. The van der Waals surface area contributed by atoms with Gasteiger partial charge in [-0.05, 0) is 49.2 Å². The zero-order chi connectivity index (χ0) is 21.5. The van der Waals surface area contributed by atoms with Gasteiger partial charge < -0.3 is 15.4 Å². The van der Waals surface area contributed by atoms with Gasteiger partial charge in [0.1, 0.15) is 0 Å². The van der Waals surface area contributed by atoms with Crippen molar-refractivity contribution < 1.29 is 9.53 Å². The summed E-state index contributed by atoms with van der Waals surface area (Å²) in [6.45, 7) is 1.57. The molecule has 1 unspecified atom stereocenters. The van der Waals surface area contributed by atoms with Crippen molar-refractivity contribution in [3.8, 4) is 0 Å². The number of anilines is 2. The molecule has 162 valence electrons. The van der Waals surface area contributed by atoms with Gasteiger partial charge >= 0.3 is 0 Å². The van der Waals surface area contributed by atoms with Crippen molar-refractivity contribution in [3.63, 3.8) is 0 Å². The van der Waals surface area contributed by atoms with E-state index in [1.807, 2.05) is 48.5 Å². The van der Waals surface area contributed by atoms with E-state index in [2.05, 4.69) is 20.8 Å². The lowest BCUT2D eigenvalue weighted by Crippen LogP contribution is -2.18. The first-order valence-corrected chi connectivity index (χ1v) is 12.8. The van der Waals surface area contributed by atoms with Crippen LogP contribution in [0.3, 0.4) is 0 Å². The number of hydrogen-bond acceptors (Lipinski definition) is 8. The van der Waals surface area contributed by atoms with Crippen LogP contribution in [0.4, 0.5) is 10.8 Å². The molecule has 0 aliphatic carbocycles. The summed E-state index contributed by atoms with van der Waals surface area (Å²) in [7, 11) is 0. The molecule has 31 heavy (non-hydrogen) atoms. The van der Waals surface area contributed by atoms with Crippen LogP contribution in [0.2, 0.25) is 5.02 Å². The van der Waals surface area contributed by atoms with Gasteiger partial charge in [-0.25, -0.2) is 0 Å². The third-order valence-corrected chi connectivity index (χ3v) is 7.79. The molecular weight excluding hydrogens is 472 g/mol. The molecule has 0 saturated carbocycles. The topological polar surface area (TPSA) is 76.1 Å². The second-order valence-electron chi connectivity index (χ2n) is 6.78. The Morgan fingerprint density at radius 3 is 2.84 bits per heavy atom. The summed E-state index contributed by atoms with van der Waals surface area (Å²) >= 11 is 10.4. The van der Waals surface area contributed by atoms with Gasteiger partial charge in [0, 0.05) is 28.0 Å². The molecule has 6 nitrogen and oxygen atoms in total. The summed E-state index contributed by atoms with van der Waals surface area (Å²) in [5.41, 5.74) is 0.782. The molecule has 3 aromatic rings. The zero-order valence-electron chi connectivity index (χ0n) is 16.5. The number of para-hydroxylation sites is 1.